The van der Waals surface area contributed by atoms with Gasteiger partial charge in [-0.25, -0.2) is 4.79 Å². The van der Waals surface area contributed by atoms with E-state index in [2.05, 4.69) is 0 Å². The number of likely N-dealkylation sites (N-methyl/N-ethyl adjacent to an activating group) is 1. The highest BCUT2D eigenvalue weighted by Gasteiger charge is 2.12. The number of nitrogens with zero attached hydrogens (tertiary/aromatic N) is 1. The van der Waals surface area contributed by atoms with Crippen LogP contribution >= 0.6 is 0 Å². The molecule has 0 atom stereocenters. The third-order valence-electron chi connectivity index (χ3n) is 2.55. The van der Waals surface area contributed by atoms with Gasteiger partial charge < -0.3 is 19.1 Å². The first-order valence-corrected chi connectivity index (χ1v) is 6.80. The summed E-state index contributed by atoms with van der Waals surface area (Å²) in [7, 11) is 3.86. The Morgan fingerprint density at radius 3 is 2.35 bits per heavy atom. The highest BCUT2D eigenvalue weighted by Crippen LogP contribution is 2.28. The van der Waals surface area contributed by atoms with Crippen LogP contribution in [0.4, 0.5) is 0 Å². The summed E-state index contributed by atoms with van der Waals surface area (Å²) in [5.74, 6) is 0.853. The van der Waals surface area contributed by atoms with Gasteiger partial charge in [-0.2, -0.15) is 0 Å². The molecule has 0 aliphatic rings. The van der Waals surface area contributed by atoms with Gasteiger partial charge in [-0.3, -0.25) is 0 Å². The van der Waals surface area contributed by atoms with Gasteiger partial charge in [0.25, 0.3) is 0 Å². The second kappa shape index (κ2) is 8.43. The lowest BCUT2D eigenvalue weighted by Crippen LogP contribution is -2.20. The summed E-state index contributed by atoms with van der Waals surface area (Å²) in [6, 6.07) is 5.08. The van der Waals surface area contributed by atoms with Crippen LogP contribution in [0.3, 0.4) is 0 Å². The molecule has 0 radical (unpaired) electrons. The summed E-state index contributed by atoms with van der Waals surface area (Å²) in [6.07, 6.45) is 0. The lowest BCUT2D eigenvalue weighted by Gasteiger charge is -2.13. The normalized spacial score (nSPS) is 10.4. The summed E-state index contributed by atoms with van der Waals surface area (Å²) < 4.78 is 16.1. The Hall–Kier alpha value is -1.75. The van der Waals surface area contributed by atoms with Crippen molar-refractivity contribution in [2.24, 2.45) is 0 Å². The monoisotopic (exact) mass is 281 g/mol. The van der Waals surface area contributed by atoms with Crippen molar-refractivity contribution < 1.29 is 19.0 Å². The van der Waals surface area contributed by atoms with Crippen molar-refractivity contribution in [3.63, 3.8) is 0 Å². The van der Waals surface area contributed by atoms with Crippen molar-refractivity contribution in [3.05, 3.63) is 23.8 Å². The van der Waals surface area contributed by atoms with Crippen molar-refractivity contribution in [1.29, 1.82) is 0 Å². The van der Waals surface area contributed by atoms with Crippen molar-refractivity contribution >= 4 is 5.97 Å². The van der Waals surface area contributed by atoms with Gasteiger partial charge >= 0.3 is 5.97 Å². The fourth-order valence-electron chi connectivity index (χ4n) is 1.58. The molecule has 0 N–H and O–H groups in total. The van der Waals surface area contributed by atoms with Gasteiger partial charge in [0.1, 0.15) is 6.61 Å². The smallest absolute Gasteiger partial charge is 0.338 e. The standard InChI is InChI=1S/C15H23NO4/c1-5-18-13-8-7-12(11-14(13)19-6-2)15(17)20-10-9-16(3)4/h7-8,11H,5-6,9-10H2,1-4H3. The molecule has 0 aromatic heterocycles. The molecule has 0 amide bonds. The Labute approximate surface area is 120 Å². The summed E-state index contributed by atoms with van der Waals surface area (Å²) >= 11 is 0. The minimum atomic E-state index is -0.351. The van der Waals surface area contributed by atoms with Crippen LogP contribution in [-0.4, -0.2) is 51.3 Å². The van der Waals surface area contributed by atoms with Crippen LogP contribution in [0.15, 0.2) is 18.2 Å². The van der Waals surface area contributed by atoms with E-state index in [1.807, 2.05) is 32.8 Å². The summed E-state index contributed by atoms with van der Waals surface area (Å²) in [6.45, 7) is 5.91. The minimum Gasteiger partial charge on any atom is -0.490 e. The van der Waals surface area contributed by atoms with Crippen molar-refractivity contribution in [1.82, 2.24) is 4.90 Å². The molecule has 0 bridgehead atoms. The quantitative estimate of drug-likeness (QED) is 0.684. The molecule has 5 nitrogen and oxygen atoms in total. The van der Waals surface area contributed by atoms with E-state index in [-0.39, 0.29) is 5.97 Å². The van der Waals surface area contributed by atoms with Crippen LogP contribution in [0.5, 0.6) is 11.5 Å². The van der Waals surface area contributed by atoms with E-state index in [9.17, 15) is 4.79 Å². The molecule has 0 spiro atoms. The molecule has 0 heterocycles. The van der Waals surface area contributed by atoms with Gasteiger partial charge in [0.05, 0.1) is 18.8 Å². The van der Waals surface area contributed by atoms with E-state index in [1.54, 1.807) is 18.2 Å². The molecular formula is C15H23NO4. The molecule has 1 aromatic rings. The van der Waals surface area contributed by atoms with Gasteiger partial charge in [-0.1, -0.05) is 0 Å². The zero-order valence-corrected chi connectivity index (χ0v) is 12.6. The Morgan fingerprint density at radius 1 is 1.10 bits per heavy atom. The van der Waals surface area contributed by atoms with Gasteiger partial charge in [0.2, 0.25) is 0 Å². The highest BCUT2D eigenvalue weighted by atomic mass is 16.5. The van der Waals surface area contributed by atoms with Gasteiger partial charge in [0.15, 0.2) is 11.5 Å². The number of hydrogen-bond acceptors (Lipinski definition) is 5. The second-order valence-electron chi connectivity index (χ2n) is 4.47. The predicted molar refractivity (Wildman–Crippen MR) is 77.6 cm³/mol. The number of benzene rings is 1. The average Bonchev–Trinajstić information content (AvgIpc) is 2.40. The molecule has 1 aromatic carbocycles. The van der Waals surface area contributed by atoms with Crippen LogP contribution in [0.2, 0.25) is 0 Å². The molecule has 112 valence electrons. The van der Waals surface area contributed by atoms with Crippen molar-refractivity contribution in [2.75, 3.05) is 40.5 Å². The summed E-state index contributed by atoms with van der Waals surface area (Å²) in [4.78, 5) is 13.9. The zero-order valence-electron chi connectivity index (χ0n) is 12.6. The topological polar surface area (TPSA) is 48.0 Å². The molecular weight excluding hydrogens is 258 g/mol. The number of carbonyl (C=O) groups excluding carboxylic acids is 1. The van der Waals surface area contributed by atoms with Gasteiger partial charge in [-0.05, 0) is 46.1 Å². The average molecular weight is 281 g/mol. The SMILES string of the molecule is CCOc1ccc(C(=O)OCCN(C)C)cc1OCC. The second-order valence-corrected chi connectivity index (χ2v) is 4.47. The molecule has 0 fully saturated rings. The highest BCUT2D eigenvalue weighted by molar-refractivity contribution is 5.90. The summed E-state index contributed by atoms with van der Waals surface area (Å²) in [5.41, 5.74) is 0.468. The Kier molecular flexibility index (Phi) is 6.87. The minimum absolute atomic E-state index is 0.351. The zero-order chi connectivity index (χ0) is 15.0. The van der Waals surface area contributed by atoms with Crippen LogP contribution in [0.25, 0.3) is 0 Å². The Morgan fingerprint density at radius 2 is 1.75 bits per heavy atom. The molecule has 0 unspecified atom stereocenters. The third-order valence-corrected chi connectivity index (χ3v) is 2.55. The van der Waals surface area contributed by atoms with Crippen LogP contribution in [0.1, 0.15) is 24.2 Å². The fraction of sp³-hybridized carbons (Fsp3) is 0.533. The van der Waals surface area contributed by atoms with E-state index >= 15 is 0 Å². The molecule has 0 saturated heterocycles. The van der Waals surface area contributed by atoms with Crippen LogP contribution < -0.4 is 9.47 Å². The fourth-order valence-corrected chi connectivity index (χ4v) is 1.58. The molecule has 0 saturated carbocycles. The molecule has 0 aliphatic carbocycles. The van der Waals surface area contributed by atoms with E-state index in [1.165, 1.54) is 0 Å². The Bertz CT molecular complexity index is 432. The van der Waals surface area contributed by atoms with Gasteiger partial charge in [0, 0.05) is 6.54 Å². The van der Waals surface area contributed by atoms with Crippen molar-refractivity contribution in [2.45, 2.75) is 13.8 Å². The number of ether oxygens (including phenoxy) is 3. The summed E-state index contributed by atoms with van der Waals surface area (Å²) in [5, 5.41) is 0. The molecule has 5 heteroatoms. The van der Waals surface area contributed by atoms with Crippen molar-refractivity contribution in [3.8, 4) is 11.5 Å². The van der Waals surface area contributed by atoms with E-state index < -0.39 is 0 Å². The maximum absolute atomic E-state index is 11.9. The Balaban J connectivity index is 2.74. The lowest BCUT2D eigenvalue weighted by molar-refractivity contribution is 0.0481. The van der Waals surface area contributed by atoms with E-state index in [4.69, 9.17) is 14.2 Å². The molecule has 1 rings (SSSR count). The number of carbonyl (C=O) groups is 1. The molecule has 20 heavy (non-hydrogen) atoms. The first-order chi connectivity index (χ1) is 9.58. The molecule has 0 aliphatic heterocycles. The van der Waals surface area contributed by atoms with Crippen LogP contribution in [0, 0.1) is 0 Å². The lowest BCUT2D eigenvalue weighted by atomic mass is 10.2. The maximum atomic E-state index is 11.9. The van der Waals surface area contributed by atoms with E-state index in [0.29, 0.717) is 43.4 Å². The largest absolute Gasteiger partial charge is 0.490 e. The number of rotatable bonds is 8. The predicted octanol–water partition coefficient (Wildman–Crippen LogP) is 2.20. The first-order valence-electron chi connectivity index (χ1n) is 6.80. The van der Waals surface area contributed by atoms with Gasteiger partial charge in [-0.15, -0.1) is 0 Å². The van der Waals surface area contributed by atoms with Crippen LogP contribution in [-0.2, 0) is 4.74 Å². The number of esters is 1. The third kappa shape index (κ3) is 5.09. The first kappa shape index (κ1) is 16.3. The van der Waals surface area contributed by atoms with E-state index in [0.717, 1.165) is 0 Å². The number of hydrogen-bond donors (Lipinski definition) is 0. The maximum Gasteiger partial charge on any atom is 0.338 e.